The molecular formula is C15H23BrN2O2S. The monoisotopic (exact) mass is 374 g/mol. The van der Waals surface area contributed by atoms with Crippen LogP contribution in [-0.4, -0.2) is 32.9 Å². The zero-order chi connectivity index (χ0) is 15.7. The molecule has 0 spiro atoms. The molecular weight excluding hydrogens is 352 g/mol. The number of sulfonamides is 1. The molecule has 1 fully saturated rings. The number of benzene rings is 1. The van der Waals surface area contributed by atoms with E-state index < -0.39 is 10.0 Å². The van der Waals surface area contributed by atoms with E-state index in [1.165, 1.54) is 0 Å². The molecule has 0 aliphatic carbocycles. The maximum absolute atomic E-state index is 12.9. The van der Waals surface area contributed by atoms with Crippen molar-refractivity contribution in [2.45, 2.75) is 38.1 Å². The summed E-state index contributed by atoms with van der Waals surface area (Å²) < 4.78 is 28.1. The van der Waals surface area contributed by atoms with Crippen LogP contribution in [-0.2, 0) is 16.6 Å². The van der Waals surface area contributed by atoms with Crippen molar-refractivity contribution in [3.63, 3.8) is 0 Å². The highest BCUT2D eigenvalue weighted by Crippen LogP contribution is 2.34. The van der Waals surface area contributed by atoms with E-state index in [1.807, 2.05) is 19.2 Å². The van der Waals surface area contributed by atoms with E-state index in [0.29, 0.717) is 29.0 Å². The summed E-state index contributed by atoms with van der Waals surface area (Å²) in [5, 5.41) is 3.05. The first-order valence-electron chi connectivity index (χ1n) is 7.19. The molecule has 0 unspecified atom stereocenters. The van der Waals surface area contributed by atoms with E-state index in [9.17, 15) is 8.42 Å². The van der Waals surface area contributed by atoms with Crippen LogP contribution in [0.2, 0.25) is 0 Å². The quantitative estimate of drug-likeness (QED) is 0.880. The minimum Gasteiger partial charge on any atom is -0.316 e. The standard InChI is InChI=1S/C15H23BrN2O2S/c1-15(2)7-4-8-18(11-15)21(19,20)14-9-12(10-17-3)5-6-13(14)16/h5-6,9,17H,4,7-8,10-11H2,1-3H3. The van der Waals surface area contributed by atoms with Crippen LogP contribution in [0.4, 0.5) is 0 Å². The van der Waals surface area contributed by atoms with E-state index in [-0.39, 0.29) is 5.41 Å². The van der Waals surface area contributed by atoms with Gasteiger partial charge in [-0.15, -0.1) is 0 Å². The fourth-order valence-electron chi connectivity index (χ4n) is 2.77. The number of rotatable bonds is 4. The molecule has 1 aliphatic rings. The summed E-state index contributed by atoms with van der Waals surface area (Å²) in [5.41, 5.74) is 1.01. The van der Waals surface area contributed by atoms with Gasteiger partial charge >= 0.3 is 0 Å². The second-order valence-electron chi connectivity index (χ2n) is 6.40. The first-order chi connectivity index (χ1) is 9.76. The van der Waals surface area contributed by atoms with E-state index in [4.69, 9.17) is 0 Å². The Balaban J connectivity index is 2.37. The molecule has 1 aromatic carbocycles. The highest BCUT2D eigenvalue weighted by Gasteiger charge is 2.35. The van der Waals surface area contributed by atoms with Crippen molar-refractivity contribution in [3.8, 4) is 0 Å². The molecule has 2 rings (SSSR count). The van der Waals surface area contributed by atoms with Gasteiger partial charge in [0.05, 0.1) is 4.90 Å². The smallest absolute Gasteiger partial charge is 0.244 e. The molecule has 21 heavy (non-hydrogen) atoms. The average molecular weight is 375 g/mol. The van der Waals surface area contributed by atoms with Gasteiger partial charge in [0.15, 0.2) is 0 Å². The second-order valence-corrected chi connectivity index (χ2v) is 9.16. The minimum absolute atomic E-state index is 0.0420. The van der Waals surface area contributed by atoms with Crippen LogP contribution in [0.3, 0.4) is 0 Å². The maximum atomic E-state index is 12.9. The third-order valence-electron chi connectivity index (χ3n) is 3.86. The molecule has 0 amide bonds. The molecule has 1 saturated heterocycles. The van der Waals surface area contributed by atoms with Gasteiger partial charge in [-0.3, -0.25) is 0 Å². The summed E-state index contributed by atoms with van der Waals surface area (Å²) in [4.78, 5) is 0.368. The summed E-state index contributed by atoms with van der Waals surface area (Å²) in [6.45, 7) is 6.09. The molecule has 0 bridgehead atoms. The number of halogens is 1. The summed E-state index contributed by atoms with van der Waals surface area (Å²) in [5.74, 6) is 0. The van der Waals surface area contributed by atoms with Gasteiger partial charge in [-0.25, -0.2) is 8.42 Å². The lowest BCUT2D eigenvalue weighted by atomic mass is 9.85. The normalized spacial score (nSPS) is 19.6. The van der Waals surface area contributed by atoms with Crippen LogP contribution in [0.15, 0.2) is 27.6 Å². The predicted molar refractivity (Wildman–Crippen MR) is 88.7 cm³/mol. The van der Waals surface area contributed by atoms with E-state index >= 15 is 0 Å². The summed E-state index contributed by atoms with van der Waals surface area (Å²) in [6, 6.07) is 5.51. The Morgan fingerprint density at radius 1 is 1.38 bits per heavy atom. The highest BCUT2D eigenvalue weighted by molar-refractivity contribution is 9.10. The first kappa shape index (κ1) is 16.9. The van der Waals surface area contributed by atoms with Gasteiger partial charge in [-0.1, -0.05) is 19.9 Å². The summed E-state index contributed by atoms with van der Waals surface area (Å²) >= 11 is 3.39. The van der Waals surface area contributed by atoms with Crippen molar-refractivity contribution in [3.05, 3.63) is 28.2 Å². The van der Waals surface area contributed by atoms with Crippen molar-refractivity contribution in [1.82, 2.24) is 9.62 Å². The average Bonchev–Trinajstić information content (AvgIpc) is 2.40. The number of hydrogen-bond acceptors (Lipinski definition) is 3. The fraction of sp³-hybridized carbons (Fsp3) is 0.600. The van der Waals surface area contributed by atoms with Gasteiger partial charge in [0.2, 0.25) is 10.0 Å². The molecule has 0 radical (unpaired) electrons. The van der Waals surface area contributed by atoms with Crippen LogP contribution in [0.25, 0.3) is 0 Å². The van der Waals surface area contributed by atoms with Crippen LogP contribution in [0.5, 0.6) is 0 Å². The minimum atomic E-state index is -3.45. The second kappa shape index (κ2) is 6.36. The van der Waals surface area contributed by atoms with Crippen molar-refractivity contribution < 1.29 is 8.42 Å². The van der Waals surface area contributed by atoms with Crippen LogP contribution in [0, 0.1) is 5.41 Å². The van der Waals surface area contributed by atoms with Gasteiger partial charge < -0.3 is 5.32 Å². The Morgan fingerprint density at radius 3 is 2.71 bits per heavy atom. The number of nitrogens with one attached hydrogen (secondary N) is 1. The SMILES string of the molecule is CNCc1ccc(Br)c(S(=O)(=O)N2CCCC(C)(C)C2)c1. The predicted octanol–water partition coefficient (Wildman–Crippen LogP) is 2.98. The van der Waals surface area contributed by atoms with Crippen molar-refractivity contribution >= 4 is 26.0 Å². The molecule has 1 heterocycles. The largest absolute Gasteiger partial charge is 0.316 e. The third-order valence-corrected chi connectivity index (χ3v) is 6.70. The molecule has 0 saturated carbocycles. The Labute approximate surface area is 136 Å². The van der Waals surface area contributed by atoms with Gasteiger partial charge in [-0.2, -0.15) is 4.31 Å². The summed E-state index contributed by atoms with van der Waals surface area (Å²) in [6.07, 6.45) is 1.99. The third kappa shape index (κ3) is 3.86. The van der Waals surface area contributed by atoms with E-state index in [1.54, 1.807) is 10.4 Å². The highest BCUT2D eigenvalue weighted by atomic mass is 79.9. The molecule has 6 heteroatoms. The topological polar surface area (TPSA) is 49.4 Å². The van der Waals surface area contributed by atoms with E-state index in [0.717, 1.165) is 18.4 Å². The van der Waals surface area contributed by atoms with Crippen molar-refractivity contribution in [1.29, 1.82) is 0 Å². The lowest BCUT2D eigenvalue weighted by molar-refractivity contribution is 0.187. The zero-order valence-corrected chi connectivity index (χ0v) is 15.2. The first-order valence-corrected chi connectivity index (χ1v) is 9.43. The number of hydrogen-bond donors (Lipinski definition) is 1. The zero-order valence-electron chi connectivity index (χ0n) is 12.8. The molecule has 1 aliphatic heterocycles. The van der Waals surface area contributed by atoms with Gasteiger partial charge in [0, 0.05) is 24.1 Å². The molecule has 0 atom stereocenters. The number of piperidine rings is 1. The maximum Gasteiger partial charge on any atom is 0.244 e. The van der Waals surface area contributed by atoms with Crippen LogP contribution in [0.1, 0.15) is 32.3 Å². The van der Waals surface area contributed by atoms with Crippen LogP contribution < -0.4 is 5.32 Å². The van der Waals surface area contributed by atoms with E-state index in [2.05, 4.69) is 35.1 Å². The summed E-state index contributed by atoms with van der Waals surface area (Å²) in [7, 11) is -1.60. The lowest BCUT2D eigenvalue weighted by Crippen LogP contribution is -2.43. The Kier molecular flexibility index (Phi) is 5.13. The molecule has 118 valence electrons. The van der Waals surface area contributed by atoms with Crippen molar-refractivity contribution in [2.24, 2.45) is 5.41 Å². The van der Waals surface area contributed by atoms with Gasteiger partial charge in [0.25, 0.3) is 0 Å². The Morgan fingerprint density at radius 2 is 2.10 bits per heavy atom. The number of nitrogens with zero attached hydrogens (tertiary/aromatic N) is 1. The van der Waals surface area contributed by atoms with Crippen LogP contribution >= 0.6 is 15.9 Å². The lowest BCUT2D eigenvalue weighted by Gasteiger charge is -2.37. The van der Waals surface area contributed by atoms with Gasteiger partial charge in [0.1, 0.15) is 0 Å². The van der Waals surface area contributed by atoms with Gasteiger partial charge in [-0.05, 0) is 58.9 Å². The fourth-order valence-corrected chi connectivity index (χ4v) is 5.42. The molecule has 0 aromatic heterocycles. The Bertz CT molecular complexity index is 614. The van der Waals surface area contributed by atoms with Crippen molar-refractivity contribution in [2.75, 3.05) is 20.1 Å². The molecule has 1 N–H and O–H groups in total. The molecule has 4 nitrogen and oxygen atoms in total. The molecule has 1 aromatic rings. The Hall–Kier alpha value is -0.430.